The van der Waals surface area contributed by atoms with Crippen LogP contribution in [0.3, 0.4) is 0 Å². The van der Waals surface area contributed by atoms with Gasteiger partial charge in [0.1, 0.15) is 0 Å². The van der Waals surface area contributed by atoms with Gasteiger partial charge in [0.05, 0.1) is 26.2 Å². The molecule has 0 N–H and O–H groups in total. The predicted molar refractivity (Wildman–Crippen MR) is 87.5 cm³/mol. The quantitative estimate of drug-likeness (QED) is 0.292. The molecule has 0 aromatic heterocycles. The Hall–Kier alpha value is 0.790. The maximum absolute atomic E-state index is 4.36. The van der Waals surface area contributed by atoms with Gasteiger partial charge in [0.15, 0.2) is 0 Å². The Labute approximate surface area is 138 Å². The van der Waals surface area contributed by atoms with Gasteiger partial charge in [-0.1, -0.05) is 40.0 Å². The molecule has 0 aliphatic carbocycles. The zero-order valence-electron chi connectivity index (χ0n) is 13.5. The van der Waals surface area contributed by atoms with Crippen molar-refractivity contribution in [2.24, 2.45) is 0 Å². The minimum Gasteiger partial charge on any atom is -1.00 e. The number of hydrogen-bond acceptors (Lipinski definition) is 1. The van der Waals surface area contributed by atoms with E-state index in [9.17, 15) is 0 Å². The summed E-state index contributed by atoms with van der Waals surface area (Å²) in [5.41, 5.74) is 0. The highest BCUT2D eigenvalue weighted by Crippen LogP contribution is 2.16. The highest BCUT2D eigenvalue weighted by atomic mass is 79.9. The maximum atomic E-state index is 4.36. The fourth-order valence-electron chi connectivity index (χ4n) is 2.71. The van der Waals surface area contributed by atoms with E-state index < -0.39 is 0 Å². The molecule has 0 unspecified atom stereocenters. The third kappa shape index (κ3) is 11.2. The van der Waals surface area contributed by atoms with Gasteiger partial charge < -0.3 is 21.5 Å². The zero-order chi connectivity index (χ0) is 13.7. The van der Waals surface area contributed by atoms with Crippen LogP contribution in [0.1, 0.15) is 72.1 Å². The van der Waals surface area contributed by atoms with E-state index in [1.165, 1.54) is 82.0 Å². The lowest BCUT2D eigenvalue weighted by molar-refractivity contribution is -0.929. The van der Waals surface area contributed by atoms with E-state index >= 15 is 0 Å². The van der Waals surface area contributed by atoms with Crippen molar-refractivity contribution in [3.05, 3.63) is 0 Å². The van der Waals surface area contributed by atoms with Crippen LogP contribution in [-0.2, 0) is 0 Å². The van der Waals surface area contributed by atoms with Gasteiger partial charge in [-0.25, -0.2) is 0 Å². The molecule has 0 rings (SSSR count). The molecule has 0 saturated carbocycles. The van der Waals surface area contributed by atoms with E-state index in [-0.39, 0.29) is 17.0 Å². The summed E-state index contributed by atoms with van der Waals surface area (Å²) in [6.45, 7) is 12.6. The van der Waals surface area contributed by atoms with Crippen LogP contribution in [0.2, 0.25) is 0 Å². The van der Waals surface area contributed by atoms with E-state index in [1.807, 2.05) is 0 Å². The van der Waals surface area contributed by atoms with Crippen molar-refractivity contribution in [2.45, 2.75) is 72.1 Å². The highest BCUT2D eigenvalue weighted by molar-refractivity contribution is 7.80. The first kappa shape index (κ1) is 22.1. The Balaban J connectivity index is 0. The fourth-order valence-corrected chi connectivity index (χ4v) is 2.93. The van der Waals surface area contributed by atoms with Crippen molar-refractivity contribution < 1.29 is 21.5 Å². The van der Waals surface area contributed by atoms with Gasteiger partial charge in [-0.15, -0.1) is 0 Å². The number of nitrogens with zero attached hydrogens (tertiary/aromatic N) is 1. The van der Waals surface area contributed by atoms with E-state index in [1.54, 1.807) is 0 Å². The fraction of sp³-hybridized carbons (Fsp3) is 1.00. The van der Waals surface area contributed by atoms with Gasteiger partial charge in [0.2, 0.25) is 0 Å². The predicted octanol–water partition coefficient (Wildman–Crippen LogP) is 1.92. The standard InChI is InChI=1S/C16H35NS.BrH/c1-4-7-12-17(13-8-5-2,14-9-6-3)15-10-11-16-18;/h4-16H2,1-3H3;1H. The first-order chi connectivity index (χ1) is 8.74. The third-order valence-corrected chi connectivity index (χ3v) is 4.31. The summed E-state index contributed by atoms with van der Waals surface area (Å²) in [6.07, 6.45) is 10.9. The molecule has 0 aliphatic rings. The van der Waals surface area contributed by atoms with Gasteiger partial charge in [0, 0.05) is 0 Å². The molecule has 0 atom stereocenters. The van der Waals surface area contributed by atoms with Crippen LogP contribution in [0.5, 0.6) is 0 Å². The minimum atomic E-state index is 0. The van der Waals surface area contributed by atoms with Crippen molar-refractivity contribution >= 4 is 12.6 Å². The molecule has 1 nitrogen and oxygen atoms in total. The number of halogens is 1. The topological polar surface area (TPSA) is 0 Å². The summed E-state index contributed by atoms with van der Waals surface area (Å²) >= 11 is 4.36. The summed E-state index contributed by atoms with van der Waals surface area (Å²) in [5, 5.41) is 0. The molecule has 118 valence electrons. The van der Waals surface area contributed by atoms with Crippen molar-refractivity contribution in [3.63, 3.8) is 0 Å². The molecule has 0 bridgehead atoms. The lowest BCUT2D eigenvalue weighted by atomic mass is 10.1. The van der Waals surface area contributed by atoms with E-state index in [0.29, 0.717) is 0 Å². The normalized spacial score (nSPS) is 11.4. The monoisotopic (exact) mass is 353 g/mol. The van der Waals surface area contributed by atoms with Crippen molar-refractivity contribution in [3.8, 4) is 0 Å². The second-order valence-corrected chi connectivity index (χ2v) is 6.17. The molecular weight excluding hydrogens is 318 g/mol. The Morgan fingerprint density at radius 3 is 1.32 bits per heavy atom. The molecular formula is C16H36BrNS. The molecule has 0 saturated heterocycles. The van der Waals surface area contributed by atoms with Crippen LogP contribution in [-0.4, -0.2) is 36.4 Å². The van der Waals surface area contributed by atoms with E-state index in [4.69, 9.17) is 0 Å². The first-order valence-electron chi connectivity index (χ1n) is 8.20. The zero-order valence-corrected chi connectivity index (χ0v) is 15.9. The average molecular weight is 354 g/mol. The Kier molecular flexibility index (Phi) is 17.6. The second-order valence-electron chi connectivity index (χ2n) is 5.73. The summed E-state index contributed by atoms with van der Waals surface area (Å²) in [7, 11) is 0. The summed E-state index contributed by atoms with van der Waals surface area (Å²) in [4.78, 5) is 0. The molecule has 0 amide bonds. The molecule has 0 aromatic carbocycles. The Morgan fingerprint density at radius 2 is 1.00 bits per heavy atom. The molecule has 0 heterocycles. The lowest BCUT2D eigenvalue weighted by Gasteiger charge is -2.39. The first-order valence-corrected chi connectivity index (χ1v) is 8.83. The number of thiol groups is 1. The average Bonchev–Trinajstić information content (AvgIpc) is 2.40. The van der Waals surface area contributed by atoms with E-state index in [2.05, 4.69) is 33.4 Å². The van der Waals surface area contributed by atoms with Crippen LogP contribution in [0.25, 0.3) is 0 Å². The Bertz CT molecular complexity index is 154. The minimum absolute atomic E-state index is 0. The number of hydrogen-bond donors (Lipinski definition) is 1. The summed E-state index contributed by atoms with van der Waals surface area (Å²) < 4.78 is 1.39. The van der Waals surface area contributed by atoms with Crippen LogP contribution in [0.4, 0.5) is 0 Å². The van der Waals surface area contributed by atoms with Gasteiger partial charge in [0.25, 0.3) is 0 Å². The molecule has 0 spiro atoms. The third-order valence-electron chi connectivity index (χ3n) is 4.00. The molecule has 0 aromatic rings. The van der Waals surface area contributed by atoms with Crippen molar-refractivity contribution in [1.29, 1.82) is 0 Å². The lowest BCUT2D eigenvalue weighted by Crippen LogP contribution is -3.00. The van der Waals surface area contributed by atoms with Crippen LogP contribution >= 0.6 is 12.6 Å². The van der Waals surface area contributed by atoms with Gasteiger partial charge in [-0.05, 0) is 37.9 Å². The SMILES string of the molecule is CCCC[N+](CCCC)(CCCC)CCCCS.[Br-]. The smallest absolute Gasteiger partial charge is 0.0786 e. The van der Waals surface area contributed by atoms with Crippen LogP contribution in [0.15, 0.2) is 0 Å². The number of unbranched alkanes of at least 4 members (excludes halogenated alkanes) is 4. The van der Waals surface area contributed by atoms with Gasteiger partial charge in [-0.2, -0.15) is 12.6 Å². The van der Waals surface area contributed by atoms with Gasteiger partial charge >= 0.3 is 0 Å². The highest BCUT2D eigenvalue weighted by Gasteiger charge is 2.24. The largest absolute Gasteiger partial charge is 1.00 e. The molecule has 3 heteroatoms. The summed E-state index contributed by atoms with van der Waals surface area (Å²) in [5.74, 6) is 1.05. The molecule has 0 radical (unpaired) electrons. The molecule has 19 heavy (non-hydrogen) atoms. The molecule has 0 aliphatic heterocycles. The molecule has 0 fully saturated rings. The van der Waals surface area contributed by atoms with Crippen molar-refractivity contribution in [2.75, 3.05) is 31.9 Å². The van der Waals surface area contributed by atoms with Crippen molar-refractivity contribution in [1.82, 2.24) is 0 Å². The van der Waals surface area contributed by atoms with Crippen LogP contribution < -0.4 is 17.0 Å². The summed E-state index contributed by atoms with van der Waals surface area (Å²) in [6, 6.07) is 0. The van der Waals surface area contributed by atoms with Gasteiger partial charge in [-0.3, -0.25) is 0 Å². The number of quaternary nitrogens is 1. The Morgan fingerprint density at radius 1 is 0.632 bits per heavy atom. The van der Waals surface area contributed by atoms with E-state index in [0.717, 1.165) is 5.75 Å². The number of rotatable bonds is 13. The van der Waals surface area contributed by atoms with Crippen LogP contribution in [0, 0.1) is 0 Å². The maximum Gasteiger partial charge on any atom is 0.0786 e. The second kappa shape index (κ2) is 15.2.